The lowest BCUT2D eigenvalue weighted by Crippen LogP contribution is -1.99. The van der Waals surface area contributed by atoms with Crippen LogP contribution in [0.4, 0.5) is 8.78 Å². The number of carbonyl (C=O) groups is 1. The molecular formula is C13H11F2NO3. The van der Waals surface area contributed by atoms with Gasteiger partial charge in [0.1, 0.15) is 11.6 Å². The van der Waals surface area contributed by atoms with Crippen molar-refractivity contribution >= 4 is 5.97 Å². The molecule has 6 heteroatoms. The first-order valence-corrected chi connectivity index (χ1v) is 5.71. The van der Waals surface area contributed by atoms with Crippen molar-refractivity contribution in [3.63, 3.8) is 0 Å². The predicted octanol–water partition coefficient (Wildman–Crippen LogP) is 3.27. The van der Waals surface area contributed by atoms with Crippen molar-refractivity contribution in [1.82, 2.24) is 4.98 Å². The fourth-order valence-corrected chi connectivity index (χ4v) is 1.70. The van der Waals surface area contributed by atoms with Gasteiger partial charge >= 0.3 is 5.97 Å². The van der Waals surface area contributed by atoms with Crippen LogP contribution < -0.4 is 0 Å². The summed E-state index contributed by atoms with van der Waals surface area (Å²) < 4.78 is 31.7. The molecule has 0 saturated heterocycles. The number of aromatic nitrogens is 1. The molecule has 19 heavy (non-hydrogen) atoms. The Morgan fingerprint density at radius 2 is 2.16 bits per heavy atom. The fraction of sp³-hybridized carbons (Fsp3) is 0.231. The van der Waals surface area contributed by atoms with Crippen molar-refractivity contribution in [2.24, 2.45) is 0 Å². The first-order chi connectivity index (χ1) is 9.02. The minimum Gasteiger partial charge on any atom is -0.475 e. The van der Waals surface area contributed by atoms with E-state index in [4.69, 9.17) is 9.52 Å². The van der Waals surface area contributed by atoms with Gasteiger partial charge in [-0.1, -0.05) is 13.3 Å². The van der Waals surface area contributed by atoms with Crippen molar-refractivity contribution in [2.75, 3.05) is 0 Å². The highest BCUT2D eigenvalue weighted by molar-refractivity contribution is 5.86. The average molecular weight is 267 g/mol. The van der Waals surface area contributed by atoms with Crippen molar-refractivity contribution in [2.45, 2.75) is 19.8 Å². The van der Waals surface area contributed by atoms with Gasteiger partial charge in [0.05, 0.1) is 11.3 Å². The number of benzene rings is 1. The van der Waals surface area contributed by atoms with Crippen LogP contribution in [0.3, 0.4) is 0 Å². The van der Waals surface area contributed by atoms with E-state index in [0.717, 1.165) is 18.2 Å². The van der Waals surface area contributed by atoms with Crippen LogP contribution in [0.2, 0.25) is 0 Å². The van der Waals surface area contributed by atoms with Crippen LogP contribution in [0.15, 0.2) is 22.6 Å². The van der Waals surface area contributed by atoms with Crippen LogP contribution in [-0.4, -0.2) is 16.1 Å². The van der Waals surface area contributed by atoms with Crippen LogP contribution in [0.25, 0.3) is 11.5 Å². The van der Waals surface area contributed by atoms with Gasteiger partial charge in [0.25, 0.3) is 0 Å². The maximum absolute atomic E-state index is 13.6. The molecule has 0 unspecified atom stereocenters. The molecule has 4 nitrogen and oxygen atoms in total. The van der Waals surface area contributed by atoms with E-state index in [1.807, 2.05) is 6.92 Å². The van der Waals surface area contributed by atoms with Crippen LogP contribution in [0.1, 0.15) is 29.6 Å². The molecule has 0 spiro atoms. The van der Waals surface area contributed by atoms with E-state index in [1.165, 1.54) is 0 Å². The Labute approximate surface area is 107 Å². The number of carboxylic acids is 1. The summed E-state index contributed by atoms with van der Waals surface area (Å²) in [4.78, 5) is 14.9. The third-order valence-corrected chi connectivity index (χ3v) is 2.54. The molecule has 0 bridgehead atoms. The molecule has 1 heterocycles. The van der Waals surface area contributed by atoms with Gasteiger partial charge in [0.2, 0.25) is 11.7 Å². The highest BCUT2D eigenvalue weighted by Crippen LogP contribution is 2.26. The summed E-state index contributed by atoms with van der Waals surface area (Å²) >= 11 is 0. The molecule has 0 saturated carbocycles. The Hall–Kier alpha value is -2.24. The van der Waals surface area contributed by atoms with Gasteiger partial charge < -0.3 is 9.52 Å². The second-order valence-electron chi connectivity index (χ2n) is 3.97. The number of aryl methyl sites for hydroxylation is 1. The first kappa shape index (κ1) is 13.2. The zero-order chi connectivity index (χ0) is 14.0. The minimum absolute atomic E-state index is 0.190. The van der Waals surface area contributed by atoms with Gasteiger partial charge in [0.15, 0.2) is 0 Å². The highest BCUT2D eigenvalue weighted by Gasteiger charge is 2.21. The summed E-state index contributed by atoms with van der Waals surface area (Å²) in [5.41, 5.74) is 0.0403. The normalized spacial score (nSPS) is 10.7. The lowest BCUT2D eigenvalue weighted by molar-refractivity contribution is 0.0661. The summed E-state index contributed by atoms with van der Waals surface area (Å²) in [5, 5.41) is 8.97. The number of hydrogen-bond donors (Lipinski definition) is 1. The lowest BCUT2D eigenvalue weighted by Gasteiger charge is -1.97. The molecule has 0 aliphatic heterocycles. The molecule has 1 N–H and O–H groups in total. The predicted molar refractivity (Wildman–Crippen MR) is 62.8 cm³/mol. The van der Waals surface area contributed by atoms with Crippen molar-refractivity contribution in [3.8, 4) is 11.5 Å². The monoisotopic (exact) mass is 267 g/mol. The maximum atomic E-state index is 13.6. The van der Waals surface area contributed by atoms with E-state index >= 15 is 0 Å². The van der Waals surface area contributed by atoms with Gasteiger partial charge in [-0.2, -0.15) is 0 Å². The maximum Gasteiger partial charge on any atom is 0.373 e. The zero-order valence-electron chi connectivity index (χ0n) is 10.1. The standard InChI is InChI=1S/C13H11F2NO3/c1-2-3-10-11(13(17)18)19-12(16-10)8-6-7(14)4-5-9(8)15/h4-6H,2-3H2,1H3,(H,17,18). The van der Waals surface area contributed by atoms with E-state index in [-0.39, 0.29) is 22.9 Å². The molecule has 2 aromatic rings. The summed E-state index contributed by atoms with van der Waals surface area (Å²) in [7, 11) is 0. The van der Waals surface area contributed by atoms with Gasteiger partial charge in [-0.05, 0) is 24.6 Å². The number of halogens is 2. The van der Waals surface area contributed by atoms with Gasteiger partial charge in [0, 0.05) is 0 Å². The van der Waals surface area contributed by atoms with Gasteiger partial charge in [-0.3, -0.25) is 0 Å². The third kappa shape index (κ3) is 2.62. The molecule has 0 aliphatic rings. The number of carboxylic acid groups (broad SMARTS) is 1. The zero-order valence-corrected chi connectivity index (χ0v) is 10.1. The number of nitrogens with zero attached hydrogens (tertiary/aromatic N) is 1. The van der Waals surface area contributed by atoms with E-state index in [2.05, 4.69) is 4.98 Å². The third-order valence-electron chi connectivity index (χ3n) is 2.54. The van der Waals surface area contributed by atoms with E-state index in [9.17, 15) is 13.6 Å². The molecule has 0 amide bonds. The second-order valence-corrected chi connectivity index (χ2v) is 3.97. The van der Waals surface area contributed by atoms with Crippen LogP contribution in [0, 0.1) is 11.6 Å². The molecule has 100 valence electrons. The summed E-state index contributed by atoms with van der Waals surface area (Å²) in [6.45, 7) is 1.85. The summed E-state index contributed by atoms with van der Waals surface area (Å²) in [5.74, 6) is -3.21. The Morgan fingerprint density at radius 1 is 1.42 bits per heavy atom. The average Bonchev–Trinajstić information content (AvgIpc) is 2.77. The second kappa shape index (κ2) is 5.17. The number of oxazole rings is 1. The van der Waals surface area contributed by atoms with Gasteiger partial charge in [-0.15, -0.1) is 0 Å². The Morgan fingerprint density at radius 3 is 2.79 bits per heavy atom. The van der Waals surface area contributed by atoms with E-state index < -0.39 is 17.6 Å². The number of hydrogen-bond acceptors (Lipinski definition) is 3. The van der Waals surface area contributed by atoms with E-state index in [1.54, 1.807) is 0 Å². The quantitative estimate of drug-likeness (QED) is 0.923. The Balaban J connectivity index is 2.53. The molecule has 1 aromatic heterocycles. The van der Waals surface area contributed by atoms with Crippen LogP contribution in [-0.2, 0) is 6.42 Å². The summed E-state index contributed by atoms with van der Waals surface area (Å²) in [6, 6.07) is 2.82. The highest BCUT2D eigenvalue weighted by atomic mass is 19.1. The number of aromatic carboxylic acids is 1. The van der Waals surface area contributed by atoms with Crippen LogP contribution in [0.5, 0.6) is 0 Å². The molecule has 0 radical (unpaired) electrons. The topological polar surface area (TPSA) is 63.3 Å². The Bertz CT molecular complexity index is 622. The minimum atomic E-state index is -1.28. The Kier molecular flexibility index (Phi) is 3.59. The largest absolute Gasteiger partial charge is 0.475 e. The molecule has 2 rings (SSSR count). The van der Waals surface area contributed by atoms with Crippen molar-refractivity contribution < 1.29 is 23.1 Å². The fourth-order valence-electron chi connectivity index (χ4n) is 1.70. The van der Waals surface area contributed by atoms with Crippen molar-refractivity contribution in [1.29, 1.82) is 0 Å². The van der Waals surface area contributed by atoms with E-state index in [0.29, 0.717) is 12.8 Å². The molecule has 0 atom stereocenters. The SMILES string of the molecule is CCCc1nc(-c2cc(F)ccc2F)oc1C(=O)O. The van der Waals surface area contributed by atoms with Crippen LogP contribution >= 0.6 is 0 Å². The molecule has 0 aliphatic carbocycles. The lowest BCUT2D eigenvalue weighted by atomic mass is 10.2. The smallest absolute Gasteiger partial charge is 0.373 e. The van der Waals surface area contributed by atoms with Crippen molar-refractivity contribution in [3.05, 3.63) is 41.3 Å². The first-order valence-electron chi connectivity index (χ1n) is 5.71. The molecule has 1 aromatic carbocycles. The molecular weight excluding hydrogens is 256 g/mol. The van der Waals surface area contributed by atoms with Gasteiger partial charge in [-0.25, -0.2) is 18.6 Å². The number of rotatable bonds is 4. The summed E-state index contributed by atoms with van der Waals surface area (Å²) in [6.07, 6.45) is 1.06. The molecule has 0 fully saturated rings.